The minimum atomic E-state index is 0.356. The van der Waals surface area contributed by atoms with E-state index in [9.17, 15) is 0 Å². The number of nitrogens with zero attached hydrogens (tertiary/aromatic N) is 1. The van der Waals surface area contributed by atoms with Crippen molar-refractivity contribution in [3.05, 3.63) is 0 Å². The Labute approximate surface area is 105 Å². The molecule has 0 spiro atoms. The first kappa shape index (κ1) is 14.9. The van der Waals surface area contributed by atoms with Gasteiger partial charge in [0, 0.05) is 25.7 Å². The molecular formula is C13H28N2O2. The van der Waals surface area contributed by atoms with Gasteiger partial charge in [0.1, 0.15) is 0 Å². The number of piperidine rings is 1. The number of likely N-dealkylation sites (tertiary alicyclic amines) is 1. The van der Waals surface area contributed by atoms with Crippen LogP contribution in [0.5, 0.6) is 0 Å². The average Bonchev–Trinajstić information content (AvgIpc) is 2.31. The predicted molar refractivity (Wildman–Crippen MR) is 70.1 cm³/mol. The Kier molecular flexibility index (Phi) is 7.04. The quantitative estimate of drug-likeness (QED) is 0.681. The van der Waals surface area contributed by atoms with Crippen molar-refractivity contribution in [3.63, 3.8) is 0 Å². The number of rotatable bonds is 7. The van der Waals surface area contributed by atoms with Crippen LogP contribution in [0.15, 0.2) is 0 Å². The maximum atomic E-state index is 5.86. The normalized spacial score (nSPS) is 28.2. The molecule has 0 aliphatic carbocycles. The number of nitrogens with two attached hydrogens (primary N) is 1. The fourth-order valence-corrected chi connectivity index (χ4v) is 2.63. The van der Waals surface area contributed by atoms with Crippen LogP contribution < -0.4 is 5.73 Å². The molecule has 1 aliphatic rings. The summed E-state index contributed by atoms with van der Waals surface area (Å²) in [6.45, 7) is 8.49. The SMILES string of the molecule is COCCOCC(CN)N1CCC(C)CC1C. The minimum absolute atomic E-state index is 0.356. The van der Waals surface area contributed by atoms with Crippen LogP contribution in [0, 0.1) is 5.92 Å². The monoisotopic (exact) mass is 244 g/mol. The summed E-state index contributed by atoms with van der Waals surface area (Å²) in [6, 6.07) is 0.979. The van der Waals surface area contributed by atoms with Gasteiger partial charge in [-0.1, -0.05) is 6.92 Å². The summed E-state index contributed by atoms with van der Waals surface area (Å²) in [7, 11) is 1.69. The van der Waals surface area contributed by atoms with Gasteiger partial charge in [0.25, 0.3) is 0 Å². The van der Waals surface area contributed by atoms with E-state index in [0.29, 0.717) is 31.8 Å². The van der Waals surface area contributed by atoms with E-state index >= 15 is 0 Å². The van der Waals surface area contributed by atoms with Gasteiger partial charge < -0.3 is 15.2 Å². The summed E-state index contributed by atoms with van der Waals surface area (Å²) in [4.78, 5) is 2.51. The Hall–Kier alpha value is -0.160. The number of ether oxygens (including phenoxy) is 2. The number of methoxy groups -OCH3 is 1. The van der Waals surface area contributed by atoms with E-state index in [4.69, 9.17) is 15.2 Å². The van der Waals surface area contributed by atoms with Crippen LogP contribution in [-0.2, 0) is 9.47 Å². The van der Waals surface area contributed by atoms with Crippen LogP contribution in [0.4, 0.5) is 0 Å². The van der Waals surface area contributed by atoms with Crippen LogP contribution in [0.1, 0.15) is 26.7 Å². The van der Waals surface area contributed by atoms with Crippen molar-refractivity contribution in [1.29, 1.82) is 0 Å². The Morgan fingerprint density at radius 3 is 2.71 bits per heavy atom. The topological polar surface area (TPSA) is 47.7 Å². The van der Waals surface area contributed by atoms with E-state index in [1.54, 1.807) is 7.11 Å². The Balaban J connectivity index is 2.33. The molecule has 1 heterocycles. The summed E-state index contributed by atoms with van der Waals surface area (Å²) in [6.07, 6.45) is 2.55. The Morgan fingerprint density at radius 1 is 1.35 bits per heavy atom. The van der Waals surface area contributed by atoms with Gasteiger partial charge in [-0.3, -0.25) is 4.90 Å². The lowest BCUT2D eigenvalue weighted by atomic mass is 9.92. The second-order valence-electron chi connectivity index (χ2n) is 5.17. The first-order valence-corrected chi connectivity index (χ1v) is 6.71. The lowest BCUT2D eigenvalue weighted by Crippen LogP contribution is -2.51. The molecule has 0 saturated carbocycles. The molecular weight excluding hydrogens is 216 g/mol. The van der Waals surface area contributed by atoms with Gasteiger partial charge in [-0.05, 0) is 32.2 Å². The highest BCUT2D eigenvalue weighted by atomic mass is 16.5. The molecule has 1 rings (SSSR count). The van der Waals surface area contributed by atoms with Crippen LogP contribution in [0.25, 0.3) is 0 Å². The van der Waals surface area contributed by atoms with E-state index < -0.39 is 0 Å². The Bertz CT molecular complexity index is 202. The minimum Gasteiger partial charge on any atom is -0.382 e. The molecule has 3 unspecified atom stereocenters. The smallest absolute Gasteiger partial charge is 0.0701 e. The van der Waals surface area contributed by atoms with Crippen LogP contribution in [-0.4, -0.2) is 57.0 Å². The van der Waals surface area contributed by atoms with Gasteiger partial charge in [-0.25, -0.2) is 0 Å². The molecule has 4 nitrogen and oxygen atoms in total. The molecule has 0 bridgehead atoms. The fraction of sp³-hybridized carbons (Fsp3) is 1.00. The molecule has 17 heavy (non-hydrogen) atoms. The predicted octanol–water partition coefficient (Wildman–Crippen LogP) is 1.10. The van der Waals surface area contributed by atoms with Crippen LogP contribution >= 0.6 is 0 Å². The lowest BCUT2D eigenvalue weighted by Gasteiger charge is -2.41. The lowest BCUT2D eigenvalue weighted by molar-refractivity contribution is 0.00577. The summed E-state index contributed by atoms with van der Waals surface area (Å²) in [5.41, 5.74) is 5.86. The van der Waals surface area contributed by atoms with Crippen molar-refractivity contribution in [2.75, 3.05) is 40.0 Å². The highest BCUT2D eigenvalue weighted by Crippen LogP contribution is 2.23. The standard InChI is InChI=1S/C13H28N2O2/c1-11-4-5-15(12(2)8-11)13(9-14)10-17-7-6-16-3/h11-13H,4-10,14H2,1-3H3. The van der Waals surface area contributed by atoms with E-state index in [1.165, 1.54) is 12.8 Å². The zero-order valence-electron chi connectivity index (χ0n) is 11.5. The zero-order chi connectivity index (χ0) is 12.7. The molecule has 102 valence electrons. The summed E-state index contributed by atoms with van der Waals surface area (Å²) < 4.78 is 10.6. The molecule has 0 aromatic heterocycles. The third-order valence-electron chi connectivity index (χ3n) is 3.67. The van der Waals surface area contributed by atoms with Crippen molar-refractivity contribution in [2.24, 2.45) is 11.7 Å². The van der Waals surface area contributed by atoms with Gasteiger partial charge in [-0.2, -0.15) is 0 Å². The molecule has 2 N–H and O–H groups in total. The highest BCUT2D eigenvalue weighted by molar-refractivity contribution is 4.83. The first-order valence-electron chi connectivity index (χ1n) is 6.71. The van der Waals surface area contributed by atoms with E-state index in [2.05, 4.69) is 18.7 Å². The molecule has 1 saturated heterocycles. The summed E-state index contributed by atoms with van der Waals surface area (Å²) in [5.74, 6) is 0.842. The molecule has 4 heteroatoms. The summed E-state index contributed by atoms with van der Waals surface area (Å²) >= 11 is 0. The van der Waals surface area contributed by atoms with Crippen molar-refractivity contribution < 1.29 is 9.47 Å². The summed E-state index contributed by atoms with van der Waals surface area (Å²) in [5, 5.41) is 0. The average molecular weight is 244 g/mol. The maximum absolute atomic E-state index is 5.86. The van der Waals surface area contributed by atoms with E-state index in [-0.39, 0.29) is 0 Å². The van der Waals surface area contributed by atoms with Crippen molar-refractivity contribution in [2.45, 2.75) is 38.8 Å². The molecule has 0 amide bonds. The van der Waals surface area contributed by atoms with Gasteiger partial charge in [0.15, 0.2) is 0 Å². The van der Waals surface area contributed by atoms with Crippen molar-refractivity contribution in [1.82, 2.24) is 4.90 Å². The molecule has 1 fully saturated rings. The van der Waals surface area contributed by atoms with Gasteiger partial charge >= 0.3 is 0 Å². The largest absolute Gasteiger partial charge is 0.382 e. The number of hydrogen-bond donors (Lipinski definition) is 1. The van der Waals surface area contributed by atoms with E-state index in [1.807, 2.05) is 0 Å². The number of hydrogen-bond acceptors (Lipinski definition) is 4. The van der Waals surface area contributed by atoms with Crippen molar-refractivity contribution >= 4 is 0 Å². The first-order chi connectivity index (χ1) is 8.19. The van der Waals surface area contributed by atoms with Crippen LogP contribution in [0.3, 0.4) is 0 Å². The Morgan fingerprint density at radius 2 is 2.12 bits per heavy atom. The molecule has 3 atom stereocenters. The third-order valence-corrected chi connectivity index (χ3v) is 3.67. The molecule has 0 radical (unpaired) electrons. The molecule has 1 aliphatic heterocycles. The van der Waals surface area contributed by atoms with Gasteiger partial charge in [-0.15, -0.1) is 0 Å². The molecule has 0 aromatic carbocycles. The van der Waals surface area contributed by atoms with Crippen molar-refractivity contribution in [3.8, 4) is 0 Å². The second kappa shape index (κ2) is 8.03. The molecule has 0 aromatic rings. The fourth-order valence-electron chi connectivity index (χ4n) is 2.63. The maximum Gasteiger partial charge on any atom is 0.0701 e. The second-order valence-corrected chi connectivity index (χ2v) is 5.17. The van der Waals surface area contributed by atoms with E-state index in [0.717, 1.165) is 19.1 Å². The van der Waals surface area contributed by atoms with Gasteiger partial charge in [0.2, 0.25) is 0 Å². The van der Waals surface area contributed by atoms with Crippen LogP contribution in [0.2, 0.25) is 0 Å². The zero-order valence-corrected chi connectivity index (χ0v) is 11.5. The van der Waals surface area contributed by atoms with Gasteiger partial charge in [0.05, 0.1) is 19.8 Å². The third kappa shape index (κ3) is 4.92. The highest BCUT2D eigenvalue weighted by Gasteiger charge is 2.28.